The molecule has 2 amide bonds. The highest BCUT2D eigenvalue weighted by Crippen LogP contribution is 2.32. The maximum absolute atomic E-state index is 12.1. The van der Waals surface area contributed by atoms with Gasteiger partial charge in [-0.3, -0.25) is 0 Å². The molecule has 1 saturated carbocycles. The van der Waals surface area contributed by atoms with Gasteiger partial charge in [0.05, 0.1) is 6.04 Å². The maximum atomic E-state index is 12.1. The van der Waals surface area contributed by atoms with E-state index < -0.39 is 0 Å². The highest BCUT2D eigenvalue weighted by atomic mass is 16.6. The lowest BCUT2D eigenvalue weighted by Gasteiger charge is -2.25. The summed E-state index contributed by atoms with van der Waals surface area (Å²) in [4.78, 5) is 12.1. The Hall–Kier alpha value is -1.91. The number of carbonyl (C=O) groups excluding carboxylic acids is 1. The van der Waals surface area contributed by atoms with Crippen LogP contribution in [0, 0.1) is 0 Å². The molecule has 0 spiro atoms. The number of carbonyl (C=O) groups is 1. The van der Waals surface area contributed by atoms with E-state index in [0.717, 1.165) is 29.9 Å². The van der Waals surface area contributed by atoms with Gasteiger partial charge in [0.2, 0.25) is 0 Å². The smallest absolute Gasteiger partial charge is 0.315 e. The largest absolute Gasteiger partial charge is 0.486 e. The van der Waals surface area contributed by atoms with Crippen LogP contribution in [0.5, 0.6) is 11.5 Å². The first kappa shape index (κ1) is 15.0. The highest BCUT2D eigenvalue weighted by Gasteiger charge is 2.18. The SMILES string of the molecule is C[C@@H](NC(=O)NC1CCCCC1)c1ccc2c(c1)OCCO2. The van der Waals surface area contributed by atoms with Gasteiger partial charge in [-0.25, -0.2) is 4.79 Å². The van der Waals surface area contributed by atoms with Crippen LogP contribution in [0.2, 0.25) is 0 Å². The van der Waals surface area contributed by atoms with Crippen molar-refractivity contribution in [1.29, 1.82) is 0 Å². The molecule has 0 radical (unpaired) electrons. The number of hydrogen-bond donors (Lipinski definition) is 2. The molecule has 2 N–H and O–H groups in total. The predicted molar refractivity (Wildman–Crippen MR) is 84.4 cm³/mol. The third-order valence-electron chi connectivity index (χ3n) is 4.35. The van der Waals surface area contributed by atoms with Crippen molar-refractivity contribution in [2.45, 2.75) is 51.1 Å². The van der Waals surface area contributed by atoms with Gasteiger partial charge in [-0.1, -0.05) is 25.3 Å². The van der Waals surface area contributed by atoms with Crippen LogP contribution in [-0.2, 0) is 0 Å². The first-order valence-electron chi connectivity index (χ1n) is 8.19. The molecule has 22 heavy (non-hydrogen) atoms. The zero-order valence-electron chi connectivity index (χ0n) is 13.1. The van der Waals surface area contributed by atoms with Gasteiger partial charge in [-0.2, -0.15) is 0 Å². The van der Waals surface area contributed by atoms with Crippen LogP contribution in [0.15, 0.2) is 18.2 Å². The fraction of sp³-hybridized carbons (Fsp3) is 0.588. The first-order valence-corrected chi connectivity index (χ1v) is 8.19. The average Bonchev–Trinajstić information content (AvgIpc) is 2.55. The standard InChI is InChI=1S/C17H24N2O3/c1-12(18-17(20)19-14-5-3-2-4-6-14)13-7-8-15-16(11-13)22-10-9-21-15/h7-8,11-12,14H,2-6,9-10H2,1H3,(H2,18,19,20)/t12-/m1/s1. The molecule has 1 heterocycles. The molecular weight excluding hydrogens is 280 g/mol. The molecule has 120 valence electrons. The number of nitrogens with one attached hydrogen (secondary N) is 2. The molecule has 5 nitrogen and oxygen atoms in total. The van der Waals surface area contributed by atoms with Gasteiger partial charge >= 0.3 is 6.03 Å². The summed E-state index contributed by atoms with van der Waals surface area (Å²) in [6.45, 7) is 3.14. The minimum atomic E-state index is -0.0886. The summed E-state index contributed by atoms with van der Waals surface area (Å²) in [6, 6.07) is 5.98. The van der Waals surface area contributed by atoms with Crippen LogP contribution in [0.25, 0.3) is 0 Å². The van der Waals surface area contributed by atoms with Crippen molar-refractivity contribution in [2.24, 2.45) is 0 Å². The Morgan fingerprint density at radius 3 is 2.64 bits per heavy atom. The van der Waals surface area contributed by atoms with Crippen LogP contribution in [0.3, 0.4) is 0 Å². The van der Waals surface area contributed by atoms with Gasteiger partial charge in [0.25, 0.3) is 0 Å². The monoisotopic (exact) mass is 304 g/mol. The lowest BCUT2D eigenvalue weighted by molar-refractivity contribution is 0.171. The lowest BCUT2D eigenvalue weighted by atomic mass is 9.96. The second-order valence-corrected chi connectivity index (χ2v) is 6.08. The Morgan fingerprint density at radius 2 is 1.86 bits per heavy atom. The molecule has 1 aromatic rings. The summed E-state index contributed by atoms with van der Waals surface area (Å²) < 4.78 is 11.1. The van der Waals surface area contributed by atoms with E-state index >= 15 is 0 Å². The van der Waals surface area contributed by atoms with Crippen LogP contribution >= 0.6 is 0 Å². The van der Waals surface area contributed by atoms with Crippen molar-refractivity contribution in [3.05, 3.63) is 23.8 Å². The number of benzene rings is 1. The Bertz CT molecular complexity index is 527. The zero-order chi connectivity index (χ0) is 15.4. The number of urea groups is 1. The van der Waals surface area contributed by atoms with Crippen LogP contribution in [-0.4, -0.2) is 25.3 Å². The van der Waals surface area contributed by atoms with Gasteiger partial charge in [-0.05, 0) is 37.5 Å². The predicted octanol–water partition coefficient (Wildman–Crippen LogP) is 3.15. The fourth-order valence-electron chi connectivity index (χ4n) is 3.08. The van der Waals surface area contributed by atoms with E-state index in [9.17, 15) is 4.79 Å². The minimum Gasteiger partial charge on any atom is -0.486 e. The van der Waals surface area contributed by atoms with E-state index in [0.29, 0.717) is 19.3 Å². The molecule has 3 rings (SSSR count). The fourth-order valence-corrected chi connectivity index (χ4v) is 3.08. The second-order valence-electron chi connectivity index (χ2n) is 6.08. The van der Waals surface area contributed by atoms with Crippen molar-refractivity contribution in [3.63, 3.8) is 0 Å². The molecule has 1 atom stereocenters. The number of rotatable bonds is 3. The van der Waals surface area contributed by atoms with E-state index in [1.54, 1.807) is 0 Å². The molecule has 0 unspecified atom stereocenters. The van der Waals surface area contributed by atoms with Crippen LogP contribution in [0.1, 0.15) is 50.6 Å². The van der Waals surface area contributed by atoms with E-state index in [1.165, 1.54) is 19.3 Å². The number of ether oxygens (including phenoxy) is 2. The lowest BCUT2D eigenvalue weighted by Crippen LogP contribution is -2.43. The quantitative estimate of drug-likeness (QED) is 0.902. The van der Waals surface area contributed by atoms with E-state index in [-0.39, 0.29) is 12.1 Å². The minimum absolute atomic E-state index is 0.0700. The summed E-state index contributed by atoms with van der Waals surface area (Å²) >= 11 is 0. The van der Waals surface area contributed by atoms with Crippen molar-refractivity contribution >= 4 is 6.03 Å². The summed E-state index contributed by atoms with van der Waals surface area (Å²) in [5.74, 6) is 1.53. The van der Waals surface area contributed by atoms with Gasteiger partial charge in [0.1, 0.15) is 13.2 Å². The highest BCUT2D eigenvalue weighted by molar-refractivity contribution is 5.74. The Kier molecular flexibility index (Phi) is 4.71. The molecule has 0 aromatic heterocycles. The van der Waals surface area contributed by atoms with Crippen molar-refractivity contribution in [1.82, 2.24) is 10.6 Å². The van der Waals surface area contributed by atoms with Gasteiger partial charge in [-0.15, -0.1) is 0 Å². The molecular formula is C17H24N2O3. The van der Waals surface area contributed by atoms with Crippen molar-refractivity contribution in [3.8, 4) is 11.5 Å². The molecule has 5 heteroatoms. The molecule has 0 saturated heterocycles. The molecule has 1 fully saturated rings. The molecule has 0 bridgehead atoms. The van der Waals surface area contributed by atoms with Crippen LogP contribution in [0.4, 0.5) is 4.79 Å². The average molecular weight is 304 g/mol. The molecule has 1 aliphatic carbocycles. The van der Waals surface area contributed by atoms with Crippen molar-refractivity contribution < 1.29 is 14.3 Å². The van der Waals surface area contributed by atoms with Gasteiger partial charge in [0, 0.05) is 6.04 Å². The Labute approximate surface area is 131 Å². The van der Waals surface area contributed by atoms with Crippen molar-refractivity contribution in [2.75, 3.05) is 13.2 Å². The van der Waals surface area contributed by atoms with E-state index in [1.807, 2.05) is 25.1 Å². The normalized spacial score (nSPS) is 19.3. The summed E-state index contributed by atoms with van der Waals surface area (Å²) in [5, 5.41) is 6.08. The topological polar surface area (TPSA) is 59.6 Å². The maximum Gasteiger partial charge on any atom is 0.315 e. The van der Waals surface area contributed by atoms with E-state index in [4.69, 9.17) is 9.47 Å². The first-order chi connectivity index (χ1) is 10.7. The number of fused-ring (bicyclic) bond motifs is 1. The van der Waals surface area contributed by atoms with Crippen LogP contribution < -0.4 is 20.1 Å². The Balaban J connectivity index is 1.56. The molecule has 1 aromatic carbocycles. The van der Waals surface area contributed by atoms with Gasteiger partial charge in [0.15, 0.2) is 11.5 Å². The second kappa shape index (κ2) is 6.90. The Morgan fingerprint density at radius 1 is 1.14 bits per heavy atom. The zero-order valence-corrected chi connectivity index (χ0v) is 13.1. The molecule has 2 aliphatic rings. The van der Waals surface area contributed by atoms with E-state index in [2.05, 4.69) is 10.6 Å². The third-order valence-corrected chi connectivity index (χ3v) is 4.35. The number of hydrogen-bond acceptors (Lipinski definition) is 3. The third kappa shape index (κ3) is 3.64. The van der Waals surface area contributed by atoms with Gasteiger partial charge < -0.3 is 20.1 Å². The molecule has 1 aliphatic heterocycles. The summed E-state index contributed by atoms with van der Waals surface area (Å²) in [6.07, 6.45) is 5.89. The summed E-state index contributed by atoms with van der Waals surface area (Å²) in [7, 11) is 0. The summed E-state index contributed by atoms with van der Waals surface area (Å²) in [5.41, 5.74) is 1.02. The number of amides is 2.